The lowest BCUT2D eigenvalue weighted by atomic mass is 9.95. The third kappa shape index (κ3) is 10.4. The number of urea groups is 1. The molecule has 0 unspecified atom stereocenters. The zero-order chi connectivity index (χ0) is 39.6. The summed E-state index contributed by atoms with van der Waals surface area (Å²) in [5.41, 5.74) is 17.8. The summed E-state index contributed by atoms with van der Waals surface area (Å²) in [6.07, 6.45) is 0.793. The van der Waals surface area contributed by atoms with Gasteiger partial charge in [0, 0.05) is 35.3 Å². The molecule has 0 aliphatic rings. The maximum absolute atomic E-state index is 15.4. The van der Waals surface area contributed by atoms with E-state index in [0.29, 0.717) is 80.2 Å². The minimum atomic E-state index is -0.642. The predicted molar refractivity (Wildman–Crippen MR) is 220 cm³/mol. The van der Waals surface area contributed by atoms with E-state index in [4.69, 9.17) is 20.9 Å². The topological polar surface area (TPSA) is 134 Å². The molecule has 56 heavy (non-hydrogen) atoms. The Morgan fingerprint density at radius 2 is 1.02 bits per heavy atom. The third-order valence-corrected chi connectivity index (χ3v) is 8.91. The number of hydrogen-bond acceptors (Lipinski definition) is 6. The zero-order valence-corrected chi connectivity index (χ0v) is 32.1. The number of amides is 2. The summed E-state index contributed by atoms with van der Waals surface area (Å²) in [5.74, 6) is -0.0697. The van der Waals surface area contributed by atoms with Crippen molar-refractivity contribution in [2.75, 3.05) is 25.3 Å². The second-order valence-corrected chi connectivity index (χ2v) is 12.8. The molecule has 6 aromatic rings. The van der Waals surface area contributed by atoms with Crippen LogP contribution < -0.4 is 26.3 Å². The molecule has 8 nitrogen and oxygen atoms in total. The van der Waals surface area contributed by atoms with Gasteiger partial charge in [0.05, 0.1) is 25.3 Å². The molecule has 288 valence electrons. The number of ether oxygens (including phenoxy) is 2. The molecule has 0 bridgehead atoms. The fourth-order valence-corrected chi connectivity index (χ4v) is 6.07. The van der Waals surface area contributed by atoms with E-state index in [1.54, 1.807) is 109 Å². The fraction of sp³-hybridized carbons (Fsp3) is 0.133. The van der Waals surface area contributed by atoms with Crippen molar-refractivity contribution in [2.24, 2.45) is 5.73 Å². The number of Topliss-reactive ketones (excluding diaryl/α,β-unsaturated/α-hetero) is 2. The molecule has 6 rings (SSSR count). The number of carbonyl (C=O) groups excluding carboxylic acids is 3. The highest BCUT2D eigenvalue weighted by molar-refractivity contribution is 5.96. The summed E-state index contributed by atoms with van der Waals surface area (Å²) in [7, 11) is 2.99. The number of nitrogens with one attached hydrogen (secondary N) is 1. The van der Waals surface area contributed by atoms with Crippen LogP contribution in [0, 0.1) is 11.6 Å². The van der Waals surface area contributed by atoms with Crippen molar-refractivity contribution in [1.82, 2.24) is 0 Å². The van der Waals surface area contributed by atoms with E-state index in [-0.39, 0.29) is 29.8 Å². The number of rotatable bonds is 11. The van der Waals surface area contributed by atoms with Crippen molar-refractivity contribution in [1.29, 1.82) is 0 Å². The molecular weight excluding hydrogens is 736 g/mol. The lowest BCUT2D eigenvalue weighted by Gasteiger charge is -2.14. The van der Waals surface area contributed by atoms with E-state index in [1.165, 1.54) is 28.1 Å². The van der Waals surface area contributed by atoms with Crippen LogP contribution in [0.1, 0.15) is 56.8 Å². The van der Waals surface area contributed by atoms with E-state index < -0.39 is 11.8 Å². The molecule has 0 aromatic heterocycles. The van der Waals surface area contributed by atoms with Crippen LogP contribution in [-0.4, -0.2) is 31.8 Å². The van der Waals surface area contributed by atoms with Gasteiger partial charge in [-0.1, -0.05) is 72.8 Å². The summed E-state index contributed by atoms with van der Waals surface area (Å²) in [6.45, 7) is 2.96. The highest BCUT2D eigenvalue weighted by Gasteiger charge is 2.19. The summed E-state index contributed by atoms with van der Waals surface area (Å²) in [6, 6.07) is 34.4. The Kier molecular flexibility index (Phi) is 14.5. The number of hydrogen-bond donors (Lipinski definition) is 3. The van der Waals surface area contributed by atoms with Crippen LogP contribution in [0.4, 0.5) is 25.0 Å². The number of primary amides is 1. The molecule has 0 spiro atoms. The van der Waals surface area contributed by atoms with Gasteiger partial charge >= 0.3 is 6.03 Å². The second-order valence-electron chi connectivity index (χ2n) is 12.8. The van der Waals surface area contributed by atoms with Gasteiger partial charge < -0.3 is 26.3 Å². The first-order valence-corrected chi connectivity index (χ1v) is 17.3. The molecule has 5 N–H and O–H groups in total. The van der Waals surface area contributed by atoms with Crippen molar-refractivity contribution < 1.29 is 32.6 Å². The van der Waals surface area contributed by atoms with Crippen LogP contribution in [0.5, 0.6) is 11.5 Å². The number of anilines is 2. The van der Waals surface area contributed by atoms with Crippen molar-refractivity contribution in [3.05, 3.63) is 166 Å². The van der Waals surface area contributed by atoms with E-state index >= 15 is 8.78 Å². The minimum absolute atomic E-state index is 0. The molecule has 0 aliphatic carbocycles. The maximum Gasteiger partial charge on any atom is 0.316 e. The van der Waals surface area contributed by atoms with Gasteiger partial charge in [-0.2, -0.15) is 0 Å². The van der Waals surface area contributed by atoms with E-state index in [2.05, 4.69) is 5.32 Å². The summed E-state index contributed by atoms with van der Waals surface area (Å²) >= 11 is 0. The first-order chi connectivity index (χ1) is 26.4. The third-order valence-electron chi connectivity index (χ3n) is 8.91. The number of carbonyl (C=O) groups is 3. The Balaban J connectivity index is 0.000000246. The van der Waals surface area contributed by atoms with Gasteiger partial charge in [-0.25, -0.2) is 13.6 Å². The van der Waals surface area contributed by atoms with Crippen LogP contribution in [0.15, 0.2) is 121 Å². The first-order valence-electron chi connectivity index (χ1n) is 17.3. The molecule has 0 saturated carbocycles. The van der Waals surface area contributed by atoms with Crippen LogP contribution in [-0.2, 0) is 12.8 Å². The standard InChI is InChI=1S/C23H21FN2O3.C22H20FNO2.ClH/c1-14(27)16-4-3-5-17(13-16)21-20(29-2)11-8-18(22(21)24)12-15-6-9-19(10-7-15)26-23(25)28;1-14(25)16-4-3-5-17(13-16)21-20(26-2)11-8-18(22(21)23)12-15-6-9-19(24)10-7-15;/h3-11,13H,12H2,1-2H3,(H3,25,26,28);3-11,13H,12,24H2,1-2H3;1H. The van der Waals surface area contributed by atoms with Gasteiger partial charge in [-0.3, -0.25) is 9.59 Å². The van der Waals surface area contributed by atoms with Gasteiger partial charge in [-0.05, 0) is 95.8 Å². The van der Waals surface area contributed by atoms with Gasteiger partial charge in [0.25, 0.3) is 0 Å². The average Bonchev–Trinajstić information content (AvgIpc) is 3.17. The molecule has 0 heterocycles. The van der Waals surface area contributed by atoms with Crippen molar-refractivity contribution in [3.8, 4) is 33.8 Å². The Labute approximate surface area is 330 Å². The van der Waals surface area contributed by atoms with Crippen molar-refractivity contribution in [3.63, 3.8) is 0 Å². The molecule has 0 atom stereocenters. The molecule has 6 aromatic carbocycles. The van der Waals surface area contributed by atoms with E-state index in [0.717, 1.165) is 11.1 Å². The number of ketones is 2. The van der Waals surface area contributed by atoms with Crippen LogP contribution >= 0.6 is 12.4 Å². The number of methoxy groups -OCH3 is 2. The van der Waals surface area contributed by atoms with E-state index in [9.17, 15) is 14.4 Å². The smallest absolute Gasteiger partial charge is 0.316 e. The quantitative estimate of drug-likeness (QED) is 0.0886. The predicted octanol–water partition coefficient (Wildman–Crippen LogP) is 10.1. The summed E-state index contributed by atoms with van der Waals surface area (Å²) < 4.78 is 41.5. The Morgan fingerprint density at radius 1 is 0.607 bits per heavy atom. The summed E-state index contributed by atoms with van der Waals surface area (Å²) in [4.78, 5) is 34.3. The van der Waals surface area contributed by atoms with Crippen LogP contribution in [0.2, 0.25) is 0 Å². The lowest BCUT2D eigenvalue weighted by molar-refractivity contribution is 0.100. The minimum Gasteiger partial charge on any atom is -0.496 e. The molecular formula is C45H42ClF2N3O5. The van der Waals surface area contributed by atoms with Crippen LogP contribution in [0.25, 0.3) is 22.3 Å². The molecule has 0 aliphatic heterocycles. The van der Waals surface area contributed by atoms with Gasteiger partial charge in [-0.15, -0.1) is 12.4 Å². The normalized spacial score (nSPS) is 10.3. The van der Waals surface area contributed by atoms with Gasteiger partial charge in [0.2, 0.25) is 0 Å². The Bertz CT molecular complexity index is 2350. The van der Waals surface area contributed by atoms with Crippen molar-refractivity contribution in [2.45, 2.75) is 26.7 Å². The second kappa shape index (κ2) is 19.2. The van der Waals surface area contributed by atoms with Gasteiger partial charge in [0.1, 0.15) is 23.1 Å². The molecule has 11 heteroatoms. The largest absolute Gasteiger partial charge is 0.496 e. The number of nitrogens with two attached hydrogens (primary N) is 2. The first kappa shape index (κ1) is 42.2. The van der Waals surface area contributed by atoms with E-state index in [1.807, 2.05) is 12.1 Å². The monoisotopic (exact) mass is 777 g/mol. The van der Waals surface area contributed by atoms with Crippen molar-refractivity contribution >= 4 is 41.4 Å². The lowest BCUT2D eigenvalue weighted by Crippen LogP contribution is -2.19. The average molecular weight is 778 g/mol. The SMILES string of the molecule is COc1ccc(Cc2ccc(N)cc2)c(F)c1-c1cccc(C(C)=O)c1.COc1ccc(Cc2ccc(NC(N)=O)cc2)c(F)c1-c1cccc(C(C)=O)c1.Cl. The Morgan fingerprint density at radius 3 is 1.39 bits per heavy atom. The van der Waals surface area contributed by atoms with Gasteiger partial charge in [0.15, 0.2) is 11.6 Å². The molecule has 0 radical (unpaired) electrons. The fourth-order valence-electron chi connectivity index (χ4n) is 6.07. The number of halogens is 3. The molecule has 0 fully saturated rings. The van der Waals surface area contributed by atoms with Crippen LogP contribution in [0.3, 0.4) is 0 Å². The number of nitrogen functional groups attached to an aromatic ring is 1. The number of benzene rings is 6. The highest BCUT2D eigenvalue weighted by Crippen LogP contribution is 2.37. The zero-order valence-electron chi connectivity index (χ0n) is 31.3. The highest BCUT2D eigenvalue weighted by atomic mass is 35.5. The Hall–Kier alpha value is -6.52. The molecule has 2 amide bonds. The maximum atomic E-state index is 15.4. The molecule has 0 saturated heterocycles. The summed E-state index contributed by atoms with van der Waals surface area (Å²) in [5, 5.41) is 2.49.